The van der Waals surface area contributed by atoms with Crippen LogP contribution in [0.1, 0.15) is 23.2 Å². The molecule has 1 aromatic rings. The Bertz CT molecular complexity index is 384. The molecule has 4 nitrogen and oxygen atoms in total. The summed E-state index contributed by atoms with van der Waals surface area (Å²) < 4.78 is 24.7. The van der Waals surface area contributed by atoms with Gasteiger partial charge in [-0.3, -0.25) is 0 Å². The molecule has 1 heterocycles. The summed E-state index contributed by atoms with van der Waals surface area (Å²) >= 11 is 0. The largest absolute Gasteiger partial charge is 0.383 e. The first-order chi connectivity index (χ1) is 6.60. The maximum absolute atomic E-state index is 12.4. The molecule has 0 fully saturated rings. The molecule has 0 aliphatic carbocycles. The molecule has 0 aliphatic heterocycles. The van der Waals surface area contributed by atoms with Crippen LogP contribution in [0.25, 0.3) is 0 Å². The molecule has 0 aromatic carbocycles. The highest BCUT2D eigenvalue weighted by Crippen LogP contribution is 2.23. The van der Waals surface area contributed by atoms with E-state index in [1.54, 1.807) is 6.07 Å². The standard InChI is InChI=1S/C8H8F2N4/c9-7(10)6-4(2-11)1-5(3-12)8(13)14-6/h1,7H,2,11H2,(H2,13,14). The predicted molar refractivity (Wildman–Crippen MR) is 46.2 cm³/mol. The Labute approximate surface area is 79.1 Å². The highest BCUT2D eigenvalue weighted by atomic mass is 19.3. The van der Waals surface area contributed by atoms with Crippen molar-refractivity contribution < 1.29 is 8.78 Å². The Balaban J connectivity index is 3.33. The van der Waals surface area contributed by atoms with Gasteiger partial charge in [0.15, 0.2) is 0 Å². The maximum atomic E-state index is 12.4. The third-order valence-corrected chi connectivity index (χ3v) is 1.71. The van der Waals surface area contributed by atoms with Crippen LogP contribution in [0.5, 0.6) is 0 Å². The van der Waals surface area contributed by atoms with Gasteiger partial charge in [0.1, 0.15) is 17.6 Å². The first-order valence-corrected chi connectivity index (χ1v) is 3.77. The normalized spacial score (nSPS) is 10.2. The molecule has 1 aromatic heterocycles. The van der Waals surface area contributed by atoms with E-state index >= 15 is 0 Å². The van der Waals surface area contributed by atoms with Gasteiger partial charge in [-0.15, -0.1) is 0 Å². The summed E-state index contributed by atoms with van der Waals surface area (Å²) in [5.74, 6) is -0.194. The van der Waals surface area contributed by atoms with E-state index in [1.165, 1.54) is 6.07 Å². The number of alkyl halides is 2. The zero-order chi connectivity index (χ0) is 10.7. The molecule has 0 atom stereocenters. The quantitative estimate of drug-likeness (QED) is 0.739. The summed E-state index contributed by atoms with van der Waals surface area (Å²) in [6.45, 7) is -0.0956. The first-order valence-electron chi connectivity index (χ1n) is 3.77. The van der Waals surface area contributed by atoms with Crippen molar-refractivity contribution in [2.24, 2.45) is 5.73 Å². The molecule has 0 radical (unpaired) electrons. The molecule has 0 spiro atoms. The number of nitriles is 1. The van der Waals surface area contributed by atoms with Gasteiger partial charge in [0.2, 0.25) is 0 Å². The van der Waals surface area contributed by atoms with Crippen molar-refractivity contribution >= 4 is 5.82 Å². The molecule has 14 heavy (non-hydrogen) atoms. The number of halogens is 2. The van der Waals surface area contributed by atoms with Gasteiger partial charge < -0.3 is 11.5 Å². The number of nitrogens with zero attached hydrogens (tertiary/aromatic N) is 2. The van der Waals surface area contributed by atoms with Crippen LogP contribution < -0.4 is 11.5 Å². The van der Waals surface area contributed by atoms with Crippen molar-refractivity contribution in [3.8, 4) is 6.07 Å². The number of nitrogen functional groups attached to an aromatic ring is 1. The van der Waals surface area contributed by atoms with Crippen LogP contribution in [-0.2, 0) is 6.54 Å². The van der Waals surface area contributed by atoms with Gasteiger partial charge in [0, 0.05) is 6.54 Å². The van der Waals surface area contributed by atoms with Crippen molar-refractivity contribution in [2.45, 2.75) is 13.0 Å². The summed E-state index contributed by atoms with van der Waals surface area (Å²) in [7, 11) is 0. The summed E-state index contributed by atoms with van der Waals surface area (Å²) in [6, 6.07) is 2.99. The Morgan fingerprint density at radius 2 is 2.21 bits per heavy atom. The van der Waals surface area contributed by atoms with Gasteiger partial charge in [0.05, 0.1) is 5.56 Å². The minimum absolute atomic E-state index is 0.0647. The van der Waals surface area contributed by atoms with Crippen molar-refractivity contribution in [2.75, 3.05) is 5.73 Å². The van der Waals surface area contributed by atoms with Crippen LogP contribution in [0.15, 0.2) is 6.07 Å². The fraction of sp³-hybridized carbons (Fsp3) is 0.250. The molecule has 1 rings (SSSR count). The van der Waals surface area contributed by atoms with E-state index in [9.17, 15) is 8.78 Å². The van der Waals surface area contributed by atoms with Crippen molar-refractivity contribution in [1.29, 1.82) is 5.26 Å². The fourth-order valence-electron chi connectivity index (χ4n) is 1.03. The van der Waals surface area contributed by atoms with Crippen LogP contribution >= 0.6 is 0 Å². The highest BCUT2D eigenvalue weighted by Gasteiger charge is 2.16. The Morgan fingerprint density at radius 1 is 1.57 bits per heavy atom. The SMILES string of the molecule is N#Cc1cc(CN)c(C(F)F)nc1N. The summed E-state index contributed by atoms with van der Waals surface area (Å²) in [5.41, 5.74) is 10.3. The van der Waals surface area contributed by atoms with Gasteiger partial charge in [-0.2, -0.15) is 5.26 Å². The minimum atomic E-state index is -2.73. The molecule has 0 saturated heterocycles. The maximum Gasteiger partial charge on any atom is 0.280 e. The predicted octanol–water partition coefficient (Wildman–Crippen LogP) is 0.932. The molecule has 4 N–H and O–H groups in total. The molecule has 6 heteroatoms. The molecule has 74 valence electrons. The van der Waals surface area contributed by atoms with Crippen molar-refractivity contribution in [3.63, 3.8) is 0 Å². The van der Waals surface area contributed by atoms with Gasteiger partial charge in [0.25, 0.3) is 6.43 Å². The second-order valence-electron chi connectivity index (χ2n) is 2.58. The van der Waals surface area contributed by atoms with Gasteiger partial charge in [-0.25, -0.2) is 13.8 Å². The first kappa shape index (κ1) is 10.3. The summed E-state index contributed by atoms with van der Waals surface area (Å²) in [4.78, 5) is 3.44. The Morgan fingerprint density at radius 3 is 2.64 bits per heavy atom. The molecular formula is C8H8F2N4. The van der Waals surface area contributed by atoms with Gasteiger partial charge in [-0.1, -0.05) is 0 Å². The van der Waals surface area contributed by atoms with E-state index in [-0.39, 0.29) is 23.5 Å². The average Bonchev–Trinajstić information content (AvgIpc) is 2.17. The van der Waals surface area contributed by atoms with E-state index in [1.807, 2.05) is 0 Å². The molecule has 0 unspecified atom stereocenters. The Kier molecular flexibility index (Phi) is 2.94. The molecule has 0 bridgehead atoms. The van der Waals surface area contributed by atoms with E-state index in [2.05, 4.69) is 4.98 Å². The summed E-state index contributed by atoms with van der Waals surface area (Å²) in [5, 5.41) is 8.57. The lowest BCUT2D eigenvalue weighted by Gasteiger charge is -2.07. The smallest absolute Gasteiger partial charge is 0.280 e. The number of rotatable bonds is 2. The molecule has 0 amide bonds. The second kappa shape index (κ2) is 3.98. The van der Waals surface area contributed by atoms with Crippen LogP contribution in [0.4, 0.5) is 14.6 Å². The van der Waals surface area contributed by atoms with Crippen molar-refractivity contribution in [3.05, 3.63) is 22.9 Å². The third-order valence-electron chi connectivity index (χ3n) is 1.71. The number of hydrogen-bond donors (Lipinski definition) is 2. The van der Waals surface area contributed by atoms with Gasteiger partial charge >= 0.3 is 0 Å². The monoisotopic (exact) mass is 198 g/mol. The van der Waals surface area contributed by atoms with Crippen LogP contribution in [-0.4, -0.2) is 4.98 Å². The zero-order valence-corrected chi connectivity index (χ0v) is 7.17. The van der Waals surface area contributed by atoms with E-state index in [0.717, 1.165) is 0 Å². The fourth-order valence-corrected chi connectivity index (χ4v) is 1.03. The van der Waals surface area contributed by atoms with E-state index in [4.69, 9.17) is 16.7 Å². The number of aromatic nitrogens is 1. The second-order valence-corrected chi connectivity index (χ2v) is 2.58. The molecule has 0 saturated carbocycles. The minimum Gasteiger partial charge on any atom is -0.383 e. The lowest BCUT2D eigenvalue weighted by molar-refractivity contribution is 0.145. The van der Waals surface area contributed by atoms with Crippen LogP contribution in [0.2, 0.25) is 0 Å². The third kappa shape index (κ3) is 1.78. The summed E-state index contributed by atoms with van der Waals surface area (Å²) in [6.07, 6.45) is -2.73. The van der Waals surface area contributed by atoms with Crippen molar-refractivity contribution in [1.82, 2.24) is 4.98 Å². The van der Waals surface area contributed by atoms with E-state index in [0.29, 0.717) is 0 Å². The number of nitrogens with two attached hydrogens (primary N) is 2. The zero-order valence-electron chi connectivity index (χ0n) is 7.17. The topological polar surface area (TPSA) is 88.7 Å². The highest BCUT2D eigenvalue weighted by molar-refractivity contribution is 5.51. The molecular weight excluding hydrogens is 190 g/mol. The van der Waals surface area contributed by atoms with E-state index < -0.39 is 12.1 Å². The Hall–Kier alpha value is -1.74. The number of pyridine rings is 1. The van der Waals surface area contributed by atoms with Crippen LogP contribution in [0, 0.1) is 11.3 Å². The lowest BCUT2D eigenvalue weighted by atomic mass is 10.1. The lowest BCUT2D eigenvalue weighted by Crippen LogP contribution is -2.08. The van der Waals surface area contributed by atoms with Crippen LogP contribution in [0.3, 0.4) is 0 Å². The van der Waals surface area contributed by atoms with Gasteiger partial charge in [-0.05, 0) is 11.6 Å². The average molecular weight is 198 g/mol. The molecule has 0 aliphatic rings. The number of anilines is 1. The number of hydrogen-bond acceptors (Lipinski definition) is 4.